The smallest absolute Gasteiger partial charge is 0.317 e. The molecule has 1 aliphatic heterocycles. The van der Waals surface area contributed by atoms with E-state index in [-0.39, 0.29) is 12.1 Å². The highest BCUT2D eigenvalue weighted by Gasteiger charge is 2.56. The minimum Gasteiger partial charge on any atom is -0.334 e. The van der Waals surface area contributed by atoms with Gasteiger partial charge in [0.25, 0.3) is 0 Å². The fourth-order valence-corrected chi connectivity index (χ4v) is 5.24. The van der Waals surface area contributed by atoms with Crippen LogP contribution in [0.4, 0.5) is 4.79 Å². The number of benzene rings is 1. The van der Waals surface area contributed by atoms with Gasteiger partial charge in [0.15, 0.2) is 9.84 Å². The Labute approximate surface area is 144 Å². The second kappa shape index (κ2) is 6.06. The molecular formula is C18H26N2O3S. The normalized spacial score (nSPS) is 21.0. The molecule has 2 fully saturated rings. The van der Waals surface area contributed by atoms with Crippen LogP contribution >= 0.6 is 0 Å². The summed E-state index contributed by atoms with van der Waals surface area (Å²) in [6.07, 6.45) is 3.53. The monoisotopic (exact) mass is 350 g/mol. The lowest BCUT2D eigenvalue weighted by atomic mass is 9.92. The SMILES string of the molecule is Cc1cccc(CC2CN(C(=O)NC(C)C3(S(C)(=O)=O)CC3)C2)c1. The lowest BCUT2D eigenvalue weighted by molar-refractivity contribution is 0.118. The molecule has 0 radical (unpaired) electrons. The van der Waals surface area contributed by atoms with Gasteiger partial charge in [0, 0.05) is 25.4 Å². The zero-order valence-corrected chi connectivity index (χ0v) is 15.4. The number of nitrogens with zero attached hydrogens (tertiary/aromatic N) is 1. The van der Waals surface area contributed by atoms with Crippen LogP contribution in [0.3, 0.4) is 0 Å². The summed E-state index contributed by atoms with van der Waals surface area (Å²) in [6.45, 7) is 5.35. The number of likely N-dealkylation sites (tertiary alicyclic amines) is 1. The molecule has 0 bridgehead atoms. The average Bonchev–Trinajstić information content (AvgIpc) is 3.23. The van der Waals surface area contributed by atoms with Gasteiger partial charge >= 0.3 is 6.03 Å². The van der Waals surface area contributed by atoms with Crippen LogP contribution in [-0.4, -0.2) is 49.5 Å². The Morgan fingerprint density at radius 3 is 2.58 bits per heavy atom. The second-order valence-electron chi connectivity index (χ2n) is 7.47. The number of hydrogen-bond donors (Lipinski definition) is 1. The Hall–Kier alpha value is -1.56. The first kappa shape index (κ1) is 17.3. The first-order valence-corrected chi connectivity index (χ1v) is 10.4. The predicted octanol–water partition coefficient (Wildman–Crippen LogP) is 2.14. The first-order valence-electron chi connectivity index (χ1n) is 8.52. The molecule has 1 heterocycles. The number of sulfone groups is 1. The van der Waals surface area contributed by atoms with Gasteiger partial charge in [-0.05, 0) is 44.6 Å². The van der Waals surface area contributed by atoms with Crippen LogP contribution in [0.2, 0.25) is 0 Å². The largest absolute Gasteiger partial charge is 0.334 e. The summed E-state index contributed by atoms with van der Waals surface area (Å²) in [5.41, 5.74) is 2.56. The van der Waals surface area contributed by atoms with E-state index in [0.29, 0.717) is 18.8 Å². The lowest BCUT2D eigenvalue weighted by Crippen LogP contribution is -2.58. The molecule has 3 rings (SSSR count). The highest BCUT2D eigenvalue weighted by molar-refractivity contribution is 7.92. The second-order valence-corrected chi connectivity index (χ2v) is 9.83. The van der Waals surface area contributed by atoms with Gasteiger partial charge in [0.2, 0.25) is 0 Å². The molecule has 132 valence electrons. The van der Waals surface area contributed by atoms with Crippen molar-refractivity contribution in [3.8, 4) is 0 Å². The molecule has 1 saturated heterocycles. The van der Waals surface area contributed by atoms with Gasteiger partial charge < -0.3 is 10.2 Å². The van der Waals surface area contributed by atoms with Crippen LogP contribution < -0.4 is 5.32 Å². The van der Waals surface area contributed by atoms with Crippen molar-refractivity contribution in [3.05, 3.63) is 35.4 Å². The molecule has 24 heavy (non-hydrogen) atoms. The topological polar surface area (TPSA) is 66.5 Å². The molecule has 2 amide bonds. The fourth-order valence-electron chi connectivity index (χ4n) is 3.69. The standard InChI is InChI=1S/C18H26N2O3S/c1-13-5-4-6-15(9-13)10-16-11-20(12-16)17(21)19-14(2)18(7-8-18)24(3,22)23/h4-6,9,14,16H,7-8,10-12H2,1-3H3,(H,19,21). The molecule has 1 unspecified atom stereocenters. The number of nitrogens with one attached hydrogen (secondary N) is 1. The third-order valence-electron chi connectivity index (χ3n) is 5.46. The van der Waals surface area contributed by atoms with Gasteiger partial charge in [-0.1, -0.05) is 29.8 Å². The molecular weight excluding hydrogens is 324 g/mol. The fraction of sp³-hybridized carbons (Fsp3) is 0.611. The van der Waals surface area contributed by atoms with Crippen LogP contribution in [0.15, 0.2) is 24.3 Å². The van der Waals surface area contributed by atoms with Crippen molar-refractivity contribution < 1.29 is 13.2 Å². The summed E-state index contributed by atoms with van der Waals surface area (Å²) < 4.78 is 23.1. The number of aryl methyl sites for hydroxylation is 1. The van der Waals surface area contributed by atoms with Crippen LogP contribution in [0.5, 0.6) is 0 Å². The Morgan fingerprint density at radius 1 is 1.38 bits per heavy atom. The molecule has 1 aromatic rings. The summed E-state index contributed by atoms with van der Waals surface area (Å²) in [5.74, 6) is 0.484. The number of urea groups is 1. The van der Waals surface area contributed by atoms with Gasteiger partial charge in [-0.15, -0.1) is 0 Å². The molecule has 1 N–H and O–H groups in total. The zero-order chi connectivity index (χ0) is 17.5. The molecule has 1 saturated carbocycles. The average molecular weight is 350 g/mol. The third-order valence-corrected chi connectivity index (χ3v) is 7.70. The Bertz CT molecular complexity index is 734. The van der Waals surface area contributed by atoms with E-state index in [1.54, 1.807) is 11.8 Å². The molecule has 0 spiro atoms. The van der Waals surface area contributed by atoms with Crippen LogP contribution in [0.25, 0.3) is 0 Å². The Balaban J connectivity index is 1.49. The highest BCUT2D eigenvalue weighted by Crippen LogP contribution is 2.46. The van der Waals surface area contributed by atoms with Gasteiger partial charge in [-0.25, -0.2) is 13.2 Å². The van der Waals surface area contributed by atoms with E-state index in [0.717, 1.165) is 19.5 Å². The van der Waals surface area contributed by atoms with Crippen molar-refractivity contribution in [3.63, 3.8) is 0 Å². The third kappa shape index (κ3) is 3.29. The summed E-state index contributed by atoms with van der Waals surface area (Å²) in [6, 6.07) is 7.99. The number of hydrogen-bond acceptors (Lipinski definition) is 3. The number of carbonyl (C=O) groups excluding carboxylic acids is 1. The zero-order valence-electron chi connectivity index (χ0n) is 14.6. The molecule has 5 nitrogen and oxygen atoms in total. The van der Waals surface area contributed by atoms with E-state index in [4.69, 9.17) is 0 Å². The minimum atomic E-state index is -3.14. The van der Waals surface area contributed by atoms with Crippen molar-refractivity contribution >= 4 is 15.9 Å². The predicted molar refractivity (Wildman–Crippen MR) is 94.7 cm³/mol. The van der Waals surface area contributed by atoms with Crippen molar-refractivity contribution in [2.75, 3.05) is 19.3 Å². The van der Waals surface area contributed by atoms with Gasteiger partial charge in [0.1, 0.15) is 0 Å². The van der Waals surface area contributed by atoms with E-state index in [9.17, 15) is 13.2 Å². The van der Waals surface area contributed by atoms with E-state index in [2.05, 4.69) is 36.5 Å². The lowest BCUT2D eigenvalue weighted by Gasteiger charge is -2.40. The maximum absolute atomic E-state index is 12.3. The van der Waals surface area contributed by atoms with Gasteiger partial charge in [0.05, 0.1) is 4.75 Å². The maximum Gasteiger partial charge on any atom is 0.317 e. The Kier molecular flexibility index (Phi) is 4.36. The summed E-state index contributed by atoms with van der Waals surface area (Å²) >= 11 is 0. The van der Waals surface area contributed by atoms with E-state index in [1.165, 1.54) is 17.4 Å². The van der Waals surface area contributed by atoms with Crippen molar-refractivity contribution in [2.45, 2.75) is 43.9 Å². The molecule has 0 aromatic heterocycles. The van der Waals surface area contributed by atoms with Crippen LogP contribution in [0.1, 0.15) is 30.9 Å². The maximum atomic E-state index is 12.3. The van der Waals surface area contributed by atoms with Crippen molar-refractivity contribution in [1.29, 1.82) is 0 Å². The minimum absolute atomic E-state index is 0.141. The number of carbonyl (C=O) groups is 1. The summed E-state index contributed by atoms with van der Waals surface area (Å²) in [7, 11) is -3.14. The van der Waals surface area contributed by atoms with Crippen LogP contribution in [-0.2, 0) is 16.3 Å². The van der Waals surface area contributed by atoms with Gasteiger partial charge in [-0.3, -0.25) is 0 Å². The molecule has 6 heteroatoms. The number of rotatable bonds is 5. The van der Waals surface area contributed by atoms with Crippen LogP contribution in [0, 0.1) is 12.8 Å². The van der Waals surface area contributed by atoms with E-state index in [1.807, 2.05) is 0 Å². The van der Waals surface area contributed by atoms with E-state index >= 15 is 0 Å². The number of amides is 2. The Morgan fingerprint density at radius 2 is 2.04 bits per heavy atom. The van der Waals surface area contributed by atoms with Crippen molar-refractivity contribution in [1.82, 2.24) is 10.2 Å². The molecule has 1 aliphatic carbocycles. The summed E-state index contributed by atoms with van der Waals surface area (Å²) in [5, 5.41) is 2.89. The quantitative estimate of drug-likeness (QED) is 0.885. The molecule has 1 aromatic carbocycles. The molecule has 2 aliphatic rings. The van der Waals surface area contributed by atoms with Crippen molar-refractivity contribution in [2.24, 2.45) is 5.92 Å². The van der Waals surface area contributed by atoms with E-state index < -0.39 is 14.6 Å². The van der Waals surface area contributed by atoms with Gasteiger partial charge in [-0.2, -0.15) is 0 Å². The first-order chi connectivity index (χ1) is 11.2. The highest BCUT2D eigenvalue weighted by atomic mass is 32.2. The summed E-state index contributed by atoms with van der Waals surface area (Å²) in [4.78, 5) is 14.1. The molecule has 1 atom stereocenters.